The lowest BCUT2D eigenvalue weighted by molar-refractivity contribution is 0.660. The van der Waals surface area contributed by atoms with Crippen LogP contribution in [0, 0.1) is 0 Å². The van der Waals surface area contributed by atoms with E-state index in [1.807, 2.05) is 17.4 Å². The quantitative estimate of drug-likeness (QED) is 0.127. The Balaban J connectivity index is 0.000000111. The molecule has 7 aromatic heterocycles. The van der Waals surface area contributed by atoms with Crippen LogP contribution < -0.4 is 0 Å². The molecule has 2 aliphatic rings. The van der Waals surface area contributed by atoms with Gasteiger partial charge in [0, 0.05) is 60.1 Å². The summed E-state index contributed by atoms with van der Waals surface area (Å²) in [7, 11) is 0. The maximum atomic E-state index is 5.12. The average Bonchev–Trinajstić information content (AvgIpc) is 1.58. The molecule has 15 aromatic carbocycles. The lowest BCUT2D eigenvalue weighted by Crippen LogP contribution is -2.15. The normalized spacial score (nSPS) is 12.8. The SMILES string of the molecule is CC1(C)c2ccccc2-c2ccc(-c3cc(-c4ccc5c(c4)C(C)(C)c4ccccc4-5)cc(-n4c5ccccc5c5ccsc54)c3)cc21.c1ccc(-c2cc(-c3ccccc3)nc(-n3c4ccccc4c4ccsc43)c2)cc1.c1ccc(-c2ccc(-c3cc(-c4ccc(-c5ccccc5)cc4)cc(-n4c5ccccc5c5ccsc54)c3)cc2)cc1. The molecule has 0 amide bonds. The van der Waals surface area contributed by atoms with Gasteiger partial charge in [0.25, 0.3) is 0 Å². The fourth-order valence-electron chi connectivity index (χ4n) is 18.9. The minimum absolute atomic E-state index is 0.0529. The highest BCUT2D eigenvalue weighted by molar-refractivity contribution is 7.17. The zero-order chi connectivity index (χ0) is 80.2. The van der Waals surface area contributed by atoms with E-state index in [0.717, 1.165) is 17.1 Å². The molecule has 7 heterocycles. The minimum Gasteiger partial charge on any atom is -0.301 e. The molecule has 0 saturated heterocycles. The highest BCUT2D eigenvalue weighted by atomic mass is 32.1. The molecule has 4 nitrogen and oxygen atoms in total. The van der Waals surface area contributed by atoms with Gasteiger partial charge in [0.2, 0.25) is 0 Å². The second-order valence-electron chi connectivity index (χ2n) is 32.6. The van der Waals surface area contributed by atoms with Gasteiger partial charge in [-0.3, -0.25) is 4.57 Å². The number of rotatable bonds is 11. The summed E-state index contributed by atoms with van der Waals surface area (Å²) in [6.45, 7) is 9.47. The van der Waals surface area contributed by atoms with Crippen molar-refractivity contribution in [3.63, 3.8) is 0 Å². The van der Waals surface area contributed by atoms with Gasteiger partial charge in [-0.05, 0) is 236 Å². The monoisotopic (exact) mass is 1590 g/mol. The van der Waals surface area contributed by atoms with Gasteiger partial charge in [-0.2, -0.15) is 0 Å². The Bertz CT molecular complexity index is 7400. The second kappa shape index (κ2) is 29.5. The Morgan fingerprint density at radius 2 is 0.500 bits per heavy atom. The Labute approximate surface area is 710 Å². The fraction of sp³-hybridized carbons (Fsp3) is 0.0531. The van der Waals surface area contributed by atoms with E-state index in [1.165, 1.54) is 197 Å². The maximum absolute atomic E-state index is 5.12. The van der Waals surface area contributed by atoms with Crippen molar-refractivity contribution < 1.29 is 0 Å². The van der Waals surface area contributed by atoms with Crippen molar-refractivity contribution in [2.24, 2.45) is 0 Å². The van der Waals surface area contributed by atoms with Crippen LogP contribution in [0.1, 0.15) is 49.9 Å². The predicted octanol–water partition coefficient (Wildman–Crippen LogP) is 31.9. The van der Waals surface area contributed by atoms with Crippen LogP contribution in [0.15, 0.2) is 410 Å². The zero-order valence-electron chi connectivity index (χ0n) is 66.8. The van der Waals surface area contributed by atoms with Crippen molar-refractivity contribution >= 4 is 97.4 Å². The van der Waals surface area contributed by atoms with Gasteiger partial charge in [-0.15, -0.1) is 34.0 Å². The highest BCUT2D eigenvalue weighted by Gasteiger charge is 2.37. The maximum Gasteiger partial charge on any atom is 0.139 e. The van der Waals surface area contributed by atoms with Crippen molar-refractivity contribution in [3.8, 4) is 129 Å². The molecule has 0 bridgehead atoms. The third kappa shape index (κ3) is 12.5. The van der Waals surface area contributed by atoms with Crippen LogP contribution in [0.5, 0.6) is 0 Å². The van der Waals surface area contributed by atoms with E-state index in [1.54, 1.807) is 22.7 Å². The molecule has 0 N–H and O–H groups in total. The summed E-state index contributed by atoms with van der Waals surface area (Å²) < 4.78 is 7.20. The zero-order valence-corrected chi connectivity index (χ0v) is 69.2. The van der Waals surface area contributed by atoms with Gasteiger partial charge in [0.1, 0.15) is 20.3 Å². The number of thiophene rings is 3. The fourth-order valence-corrected chi connectivity index (χ4v) is 21.7. The van der Waals surface area contributed by atoms with Crippen molar-refractivity contribution in [3.05, 3.63) is 433 Å². The molecule has 0 radical (unpaired) electrons. The van der Waals surface area contributed by atoms with Crippen molar-refractivity contribution in [1.29, 1.82) is 0 Å². The number of nitrogens with zero attached hydrogens (tertiary/aromatic N) is 4. The van der Waals surface area contributed by atoms with E-state index < -0.39 is 0 Å². The van der Waals surface area contributed by atoms with Crippen molar-refractivity contribution in [1.82, 2.24) is 18.7 Å². The summed E-state index contributed by atoms with van der Waals surface area (Å²) in [4.78, 5) is 8.91. The molecule has 120 heavy (non-hydrogen) atoms. The van der Waals surface area contributed by atoms with Crippen LogP contribution in [0.25, 0.3) is 192 Å². The third-order valence-electron chi connectivity index (χ3n) is 24.9. The van der Waals surface area contributed by atoms with Gasteiger partial charge in [-0.25, -0.2) is 4.98 Å². The van der Waals surface area contributed by atoms with E-state index in [2.05, 4.69) is 446 Å². The largest absolute Gasteiger partial charge is 0.301 e. The Kier molecular flexibility index (Phi) is 17.8. The molecule has 2 aliphatic carbocycles. The lowest BCUT2D eigenvalue weighted by atomic mass is 9.81. The smallest absolute Gasteiger partial charge is 0.139 e. The Hall–Kier alpha value is -14.1. The third-order valence-corrected chi connectivity index (χ3v) is 27.6. The number of hydrogen-bond donors (Lipinski definition) is 0. The van der Waals surface area contributed by atoms with Crippen molar-refractivity contribution in [2.75, 3.05) is 0 Å². The number of para-hydroxylation sites is 3. The molecule has 570 valence electrons. The topological polar surface area (TPSA) is 27.7 Å². The summed E-state index contributed by atoms with van der Waals surface area (Å²) >= 11 is 5.38. The Morgan fingerprint density at radius 3 is 0.908 bits per heavy atom. The summed E-state index contributed by atoms with van der Waals surface area (Å²) in [5.74, 6) is 0.948. The summed E-state index contributed by atoms with van der Waals surface area (Å²) in [6, 6.07) is 144. The molecule has 0 spiro atoms. The first-order valence-corrected chi connectivity index (χ1v) is 43.8. The predicted molar refractivity (Wildman–Crippen MR) is 512 cm³/mol. The number of hydrogen-bond acceptors (Lipinski definition) is 4. The van der Waals surface area contributed by atoms with Crippen LogP contribution in [0.3, 0.4) is 0 Å². The minimum atomic E-state index is -0.0529. The van der Waals surface area contributed by atoms with Crippen LogP contribution in [0.4, 0.5) is 0 Å². The number of aromatic nitrogens is 4. The first-order chi connectivity index (χ1) is 59.0. The molecular weight excluding hydrogens is 1510 g/mol. The van der Waals surface area contributed by atoms with Crippen molar-refractivity contribution in [2.45, 2.75) is 38.5 Å². The van der Waals surface area contributed by atoms with Crippen LogP contribution in [-0.2, 0) is 10.8 Å². The van der Waals surface area contributed by atoms with Crippen LogP contribution >= 0.6 is 34.0 Å². The number of fused-ring (bicyclic) bond motifs is 15. The molecule has 0 unspecified atom stereocenters. The van der Waals surface area contributed by atoms with Gasteiger partial charge in [0.05, 0.1) is 22.2 Å². The molecule has 0 atom stereocenters. The van der Waals surface area contributed by atoms with E-state index in [9.17, 15) is 0 Å². The lowest BCUT2D eigenvalue weighted by Gasteiger charge is -2.23. The van der Waals surface area contributed by atoms with Crippen LogP contribution in [0.2, 0.25) is 0 Å². The van der Waals surface area contributed by atoms with Gasteiger partial charge in [0.15, 0.2) is 0 Å². The van der Waals surface area contributed by atoms with Crippen LogP contribution in [-0.4, -0.2) is 18.7 Å². The second-order valence-corrected chi connectivity index (χ2v) is 35.3. The molecule has 0 aliphatic heterocycles. The first-order valence-electron chi connectivity index (χ1n) is 41.2. The van der Waals surface area contributed by atoms with Gasteiger partial charge >= 0.3 is 0 Å². The number of pyridine rings is 1. The summed E-state index contributed by atoms with van der Waals surface area (Å²) in [5.41, 5.74) is 36.2. The highest BCUT2D eigenvalue weighted by Crippen LogP contribution is 2.53. The molecule has 7 heteroatoms. The first kappa shape index (κ1) is 72.4. The number of benzene rings is 15. The Morgan fingerprint density at radius 1 is 0.208 bits per heavy atom. The molecule has 0 fully saturated rings. The molecule has 0 saturated carbocycles. The van der Waals surface area contributed by atoms with Gasteiger partial charge in [-0.1, -0.05) is 325 Å². The summed E-state index contributed by atoms with van der Waals surface area (Å²) in [5, 5.41) is 14.3. The molecule has 22 aromatic rings. The molecule has 24 rings (SSSR count). The average molecular weight is 1590 g/mol. The van der Waals surface area contributed by atoms with Gasteiger partial charge < -0.3 is 9.13 Å². The standard InChI is InChI=1S/C46H35NS.C40H27NS.C27H18N2S/c1-45(2)39-14-8-5-11-33(39)35-19-17-28(26-41(35)45)30-23-31(29-18-20-36-34-12-6-9-15-40(34)46(3,4)42(36)27-29)25-32(24-30)47-43-16-10-7-13-37(43)38-21-22-48-44(38)47;1-3-9-28(10-4-1)30-15-19-32(20-16-30)34-25-35(33-21-17-31(18-22-33)29-11-5-2-6-12-29)27-36(26-34)41-39-14-8-7-13-37(39)38-23-24-42-40(38)41;1-3-9-19(10-4-1)21-17-24(20-11-5-2-6-12-20)28-26(18-21)29-25-14-8-7-13-22(25)23-15-16-30-27(23)29/h5-27H,1-4H3;1-27H;1-18H. The van der Waals surface area contributed by atoms with E-state index in [-0.39, 0.29) is 10.8 Å². The summed E-state index contributed by atoms with van der Waals surface area (Å²) in [6.07, 6.45) is 0. The van der Waals surface area contributed by atoms with E-state index in [0.29, 0.717) is 0 Å². The van der Waals surface area contributed by atoms with E-state index in [4.69, 9.17) is 4.98 Å². The molecular formula is C113H80N4S3. The van der Waals surface area contributed by atoms with E-state index >= 15 is 0 Å².